The van der Waals surface area contributed by atoms with Crippen molar-refractivity contribution in [3.63, 3.8) is 0 Å². The minimum atomic E-state index is -0.782. The molecule has 1 aliphatic heterocycles. The summed E-state index contributed by atoms with van der Waals surface area (Å²) in [6.07, 6.45) is 7.17. The van der Waals surface area contributed by atoms with Gasteiger partial charge >= 0.3 is 0 Å². The fourth-order valence-electron chi connectivity index (χ4n) is 4.19. The van der Waals surface area contributed by atoms with Gasteiger partial charge < -0.3 is 15.0 Å². The lowest BCUT2D eigenvalue weighted by atomic mass is 9.86. The number of piperidine rings is 1. The zero-order valence-corrected chi connectivity index (χ0v) is 14.5. The zero-order chi connectivity index (χ0) is 17.0. The van der Waals surface area contributed by atoms with Crippen molar-refractivity contribution >= 4 is 5.69 Å². The van der Waals surface area contributed by atoms with Gasteiger partial charge in [0, 0.05) is 50.0 Å². The summed E-state index contributed by atoms with van der Waals surface area (Å²) in [4.78, 5) is 2.14. The van der Waals surface area contributed by atoms with Crippen molar-refractivity contribution in [1.82, 2.24) is 5.32 Å². The van der Waals surface area contributed by atoms with Gasteiger partial charge in [-0.3, -0.25) is 0 Å². The van der Waals surface area contributed by atoms with Crippen molar-refractivity contribution in [2.75, 3.05) is 38.3 Å². The minimum absolute atomic E-state index is 0.311. The Hall–Kier alpha value is -1.20. The van der Waals surface area contributed by atoms with Gasteiger partial charge in [-0.1, -0.05) is 12.8 Å². The van der Waals surface area contributed by atoms with E-state index in [9.17, 15) is 8.78 Å². The van der Waals surface area contributed by atoms with Gasteiger partial charge in [0.1, 0.15) is 0 Å². The molecule has 0 aromatic heterocycles. The third-order valence-corrected chi connectivity index (χ3v) is 5.64. The molecule has 0 bridgehead atoms. The first-order valence-electron chi connectivity index (χ1n) is 9.04. The SMILES string of the molecule is COCC1(CNC2CCN(c3ccc(F)c(F)c3)CC2)CCCC1. The molecule has 0 unspecified atom stereocenters. The first-order valence-corrected chi connectivity index (χ1v) is 9.04. The van der Waals surface area contributed by atoms with E-state index in [1.165, 1.54) is 37.8 Å². The van der Waals surface area contributed by atoms with Crippen molar-refractivity contribution in [1.29, 1.82) is 0 Å². The van der Waals surface area contributed by atoms with Gasteiger partial charge in [-0.2, -0.15) is 0 Å². The van der Waals surface area contributed by atoms with Gasteiger partial charge in [-0.05, 0) is 37.8 Å². The minimum Gasteiger partial charge on any atom is -0.384 e. The molecule has 1 saturated carbocycles. The van der Waals surface area contributed by atoms with Crippen LogP contribution in [-0.4, -0.2) is 39.4 Å². The normalized spacial score (nSPS) is 21.4. The summed E-state index contributed by atoms with van der Waals surface area (Å²) in [6, 6.07) is 4.68. The van der Waals surface area contributed by atoms with E-state index in [-0.39, 0.29) is 0 Å². The third-order valence-electron chi connectivity index (χ3n) is 5.64. The lowest BCUT2D eigenvalue weighted by molar-refractivity contribution is 0.0795. The topological polar surface area (TPSA) is 24.5 Å². The fourth-order valence-corrected chi connectivity index (χ4v) is 4.19. The van der Waals surface area contributed by atoms with Gasteiger partial charge in [0.15, 0.2) is 11.6 Å². The molecular formula is C19H28F2N2O. The molecule has 1 aromatic rings. The molecule has 0 spiro atoms. The maximum Gasteiger partial charge on any atom is 0.160 e. The molecule has 3 nitrogen and oxygen atoms in total. The van der Waals surface area contributed by atoms with Crippen LogP contribution in [0.25, 0.3) is 0 Å². The Morgan fingerprint density at radius 2 is 1.88 bits per heavy atom. The van der Waals surface area contributed by atoms with Crippen LogP contribution in [0.4, 0.5) is 14.5 Å². The van der Waals surface area contributed by atoms with Crippen molar-refractivity contribution < 1.29 is 13.5 Å². The lowest BCUT2D eigenvalue weighted by Crippen LogP contribution is -2.46. The molecule has 5 heteroatoms. The Labute approximate surface area is 143 Å². The molecular weight excluding hydrogens is 310 g/mol. The van der Waals surface area contributed by atoms with E-state index >= 15 is 0 Å². The summed E-state index contributed by atoms with van der Waals surface area (Å²) in [7, 11) is 1.79. The summed E-state index contributed by atoms with van der Waals surface area (Å²) in [5.41, 5.74) is 1.09. The predicted molar refractivity (Wildman–Crippen MR) is 92.4 cm³/mol. The van der Waals surface area contributed by atoms with Crippen LogP contribution >= 0.6 is 0 Å². The summed E-state index contributed by atoms with van der Waals surface area (Å²) in [5.74, 6) is -1.55. The molecule has 2 aliphatic rings. The molecule has 1 aliphatic carbocycles. The van der Waals surface area contributed by atoms with Crippen LogP contribution in [0.3, 0.4) is 0 Å². The maximum atomic E-state index is 13.4. The van der Waals surface area contributed by atoms with E-state index in [2.05, 4.69) is 10.2 Å². The average Bonchev–Trinajstić information content (AvgIpc) is 3.05. The largest absolute Gasteiger partial charge is 0.384 e. The van der Waals surface area contributed by atoms with Crippen LogP contribution in [0.5, 0.6) is 0 Å². The van der Waals surface area contributed by atoms with E-state index in [1.54, 1.807) is 13.2 Å². The van der Waals surface area contributed by atoms with E-state index in [4.69, 9.17) is 4.74 Å². The number of hydrogen-bond donors (Lipinski definition) is 1. The van der Waals surface area contributed by atoms with Crippen molar-refractivity contribution in [3.05, 3.63) is 29.8 Å². The number of benzene rings is 1. The zero-order valence-electron chi connectivity index (χ0n) is 14.5. The molecule has 1 saturated heterocycles. The smallest absolute Gasteiger partial charge is 0.160 e. The van der Waals surface area contributed by atoms with Crippen LogP contribution in [-0.2, 0) is 4.74 Å². The van der Waals surface area contributed by atoms with Crippen LogP contribution in [0.1, 0.15) is 38.5 Å². The second-order valence-corrected chi connectivity index (χ2v) is 7.38. The van der Waals surface area contributed by atoms with Gasteiger partial charge in [0.2, 0.25) is 0 Å². The molecule has 1 aromatic carbocycles. The molecule has 2 fully saturated rings. The average molecular weight is 338 g/mol. The Balaban J connectivity index is 1.49. The Morgan fingerprint density at radius 3 is 2.50 bits per heavy atom. The molecule has 3 rings (SSSR count). The quantitative estimate of drug-likeness (QED) is 0.855. The summed E-state index contributed by atoms with van der Waals surface area (Å²) < 4.78 is 31.9. The number of nitrogens with zero attached hydrogens (tertiary/aromatic N) is 1. The number of rotatable bonds is 6. The van der Waals surface area contributed by atoms with Crippen molar-refractivity contribution in [2.45, 2.75) is 44.6 Å². The number of anilines is 1. The van der Waals surface area contributed by atoms with Gasteiger partial charge in [-0.15, -0.1) is 0 Å². The summed E-state index contributed by atoms with van der Waals surface area (Å²) in [5, 5.41) is 3.74. The molecule has 0 amide bonds. The first kappa shape index (κ1) is 17.6. The molecule has 1 heterocycles. The van der Waals surface area contributed by atoms with Crippen LogP contribution in [0.15, 0.2) is 18.2 Å². The number of methoxy groups -OCH3 is 1. The third kappa shape index (κ3) is 4.06. The Kier molecular flexibility index (Phi) is 5.72. The van der Waals surface area contributed by atoms with E-state index in [0.717, 1.165) is 44.8 Å². The highest BCUT2D eigenvalue weighted by atomic mass is 19.2. The van der Waals surface area contributed by atoms with Gasteiger partial charge in [0.05, 0.1) is 6.61 Å². The van der Waals surface area contributed by atoms with E-state index in [0.29, 0.717) is 11.5 Å². The molecule has 1 N–H and O–H groups in total. The number of nitrogens with one attached hydrogen (secondary N) is 1. The predicted octanol–water partition coefficient (Wildman–Crippen LogP) is 3.73. The molecule has 24 heavy (non-hydrogen) atoms. The number of halogens is 2. The summed E-state index contributed by atoms with van der Waals surface area (Å²) in [6.45, 7) is 3.62. The standard InChI is InChI=1S/C19H28F2N2O/c1-24-14-19(8-2-3-9-19)13-22-15-6-10-23(11-7-15)16-4-5-17(20)18(21)12-16/h4-5,12,15,22H,2-3,6-11,13-14H2,1H3. The number of hydrogen-bond acceptors (Lipinski definition) is 3. The molecule has 134 valence electrons. The monoisotopic (exact) mass is 338 g/mol. The molecule has 0 atom stereocenters. The fraction of sp³-hybridized carbons (Fsp3) is 0.684. The van der Waals surface area contributed by atoms with Crippen LogP contribution in [0.2, 0.25) is 0 Å². The van der Waals surface area contributed by atoms with Gasteiger partial charge in [-0.25, -0.2) is 8.78 Å². The van der Waals surface area contributed by atoms with Crippen LogP contribution in [0, 0.1) is 17.0 Å². The van der Waals surface area contributed by atoms with Gasteiger partial charge in [0.25, 0.3) is 0 Å². The van der Waals surface area contributed by atoms with Crippen LogP contribution < -0.4 is 10.2 Å². The summed E-state index contributed by atoms with van der Waals surface area (Å²) >= 11 is 0. The highest BCUT2D eigenvalue weighted by Crippen LogP contribution is 2.38. The Morgan fingerprint density at radius 1 is 1.17 bits per heavy atom. The highest BCUT2D eigenvalue weighted by molar-refractivity contribution is 5.47. The van der Waals surface area contributed by atoms with E-state index < -0.39 is 11.6 Å². The van der Waals surface area contributed by atoms with Crippen molar-refractivity contribution in [2.24, 2.45) is 5.41 Å². The molecule has 0 radical (unpaired) electrons. The second-order valence-electron chi connectivity index (χ2n) is 7.38. The lowest BCUT2D eigenvalue weighted by Gasteiger charge is -2.36. The highest BCUT2D eigenvalue weighted by Gasteiger charge is 2.34. The second kappa shape index (κ2) is 7.79. The van der Waals surface area contributed by atoms with E-state index in [1.807, 2.05) is 0 Å². The first-order chi connectivity index (χ1) is 11.6. The Bertz CT molecular complexity index is 538. The van der Waals surface area contributed by atoms with Crippen molar-refractivity contribution in [3.8, 4) is 0 Å². The maximum absolute atomic E-state index is 13.4. The number of ether oxygens (including phenoxy) is 1.